The number of thiol groups is 2. The van der Waals surface area contributed by atoms with Crippen molar-refractivity contribution >= 4 is 25.3 Å². The zero-order valence-electron chi connectivity index (χ0n) is 6.09. The van der Waals surface area contributed by atoms with Gasteiger partial charge in [-0.15, -0.1) is 25.3 Å². The van der Waals surface area contributed by atoms with Gasteiger partial charge in [-0.1, -0.05) is 20.8 Å². The van der Waals surface area contributed by atoms with Crippen LogP contribution in [-0.4, -0.2) is 11.4 Å². The molecule has 0 saturated carbocycles. The van der Waals surface area contributed by atoms with Gasteiger partial charge in [-0.25, -0.2) is 0 Å². The summed E-state index contributed by atoms with van der Waals surface area (Å²) >= 11 is 7.90. The highest BCUT2D eigenvalue weighted by Crippen LogP contribution is 2.15. The summed E-state index contributed by atoms with van der Waals surface area (Å²) in [4.78, 5) is 0. The van der Waals surface area contributed by atoms with Gasteiger partial charge in [-0.2, -0.15) is 0 Å². The minimum Gasteiger partial charge on any atom is -0.358 e. The first-order chi connectivity index (χ1) is 3.92. The third-order valence-electron chi connectivity index (χ3n) is 0.665. The smallest absolute Gasteiger partial charge is 0.144 e. The molecular formula is C6H14OS2. The van der Waals surface area contributed by atoms with E-state index in [9.17, 15) is 0 Å². The molecule has 0 fully saturated rings. The zero-order chi connectivity index (χ0) is 7.49. The molecule has 0 radical (unpaired) electrons. The molecule has 0 aliphatic carbocycles. The van der Waals surface area contributed by atoms with Crippen LogP contribution in [0.5, 0.6) is 0 Å². The molecule has 9 heavy (non-hydrogen) atoms. The van der Waals surface area contributed by atoms with Crippen LogP contribution in [-0.2, 0) is 4.74 Å². The summed E-state index contributed by atoms with van der Waals surface area (Å²) in [7, 11) is 0. The first-order valence-corrected chi connectivity index (χ1v) is 3.93. The summed E-state index contributed by atoms with van der Waals surface area (Å²) < 4.78 is 4.89. The lowest BCUT2D eigenvalue weighted by molar-refractivity contribution is 0.0926. The fraction of sp³-hybridized carbons (Fsp3) is 1.00. The van der Waals surface area contributed by atoms with Gasteiger partial charge in [0, 0.05) is 0 Å². The van der Waals surface area contributed by atoms with E-state index in [4.69, 9.17) is 4.74 Å². The Bertz CT molecular complexity index is 75.6. The quantitative estimate of drug-likeness (QED) is 0.472. The molecule has 0 spiro atoms. The van der Waals surface area contributed by atoms with E-state index in [1.54, 1.807) is 0 Å². The van der Waals surface area contributed by atoms with E-state index in [1.807, 2.05) is 0 Å². The lowest BCUT2D eigenvalue weighted by Crippen LogP contribution is -2.16. The average Bonchev–Trinajstić information content (AvgIpc) is 1.59. The molecule has 0 aliphatic heterocycles. The van der Waals surface area contributed by atoms with Crippen LogP contribution in [0.2, 0.25) is 0 Å². The number of hydrogen-bond acceptors (Lipinski definition) is 3. The van der Waals surface area contributed by atoms with Gasteiger partial charge >= 0.3 is 0 Å². The topological polar surface area (TPSA) is 9.23 Å². The molecule has 0 aliphatic rings. The maximum Gasteiger partial charge on any atom is 0.144 e. The Balaban J connectivity index is 3.28. The van der Waals surface area contributed by atoms with Crippen molar-refractivity contribution < 1.29 is 4.74 Å². The molecule has 0 bridgehead atoms. The van der Waals surface area contributed by atoms with Crippen molar-refractivity contribution in [3.8, 4) is 0 Å². The molecule has 0 aromatic heterocycles. The molecule has 0 unspecified atom stereocenters. The molecular weight excluding hydrogens is 152 g/mol. The van der Waals surface area contributed by atoms with E-state index in [0.717, 1.165) is 0 Å². The van der Waals surface area contributed by atoms with Gasteiger partial charge in [0.25, 0.3) is 0 Å². The van der Waals surface area contributed by atoms with Gasteiger partial charge in [-0.05, 0) is 5.41 Å². The van der Waals surface area contributed by atoms with Gasteiger partial charge in [0.15, 0.2) is 0 Å². The minimum absolute atomic E-state index is 0.212. The molecule has 0 saturated heterocycles. The van der Waals surface area contributed by atoms with E-state index < -0.39 is 0 Å². The van der Waals surface area contributed by atoms with Gasteiger partial charge < -0.3 is 4.74 Å². The van der Waals surface area contributed by atoms with Crippen molar-refractivity contribution in [2.45, 2.75) is 25.5 Å². The number of hydrogen-bond donors (Lipinski definition) is 2. The van der Waals surface area contributed by atoms with Crippen molar-refractivity contribution in [1.29, 1.82) is 0 Å². The van der Waals surface area contributed by atoms with E-state index >= 15 is 0 Å². The highest BCUT2D eigenvalue weighted by molar-refractivity contribution is 7.98. The predicted octanol–water partition coefficient (Wildman–Crippen LogP) is 2.19. The third-order valence-corrected chi connectivity index (χ3v) is 0.964. The molecule has 0 N–H and O–H groups in total. The van der Waals surface area contributed by atoms with Crippen LogP contribution in [0.15, 0.2) is 0 Å². The van der Waals surface area contributed by atoms with Crippen molar-refractivity contribution in [2.24, 2.45) is 5.41 Å². The molecule has 3 heteroatoms. The summed E-state index contributed by atoms with van der Waals surface area (Å²) in [5, 5.41) is 0. The van der Waals surface area contributed by atoms with Crippen molar-refractivity contribution in [3.05, 3.63) is 0 Å². The van der Waals surface area contributed by atoms with Crippen molar-refractivity contribution in [2.75, 3.05) is 6.61 Å². The summed E-state index contributed by atoms with van der Waals surface area (Å²) in [6, 6.07) is 0. The summed E-state index contributed by atoms with van der Waals surface area (Å²) in [5.41, 5.74) is 0.212. The van der Waals surface area contributed by atoms with E-state index in [1.165, 1.54) is 0 Å². The second kappa shape index (κ2) is 3.74. The largest absolute Gasteiger partial charge is 0.358 e. The van der Waals surface area contributed by atoms with Crippen molar-refractivity contribution in [3.63, 3.8) is 0 Å². The Morgan fingerprint density at radius 2 is 1.78 bits per heavy atom. The van der Waals surface area contributed by atoms with Crippen LogP contribution in [0.4, 0.5) is 0 Å². The Morgan fingerprint density at radius 3 is 1.89 bits per heavy atom. The summed E-state index contributed by atoms with van der Waals surface area (Å²) in [6.45, 7) is 7.02. The second-order valence-electron chi connectivity index (χ2n) is 3.20. The first-order valence-electron chi connectivity index (χ1n) is 2.89. The standard InChI is InChI=1S/C6H14OS2/c1-6(2,3)4-7-5(8)9/h5,8-9H,4H2,1-3H3. The van der Waals surface area contributed by atoms with Crippen LogP contribution >= 0.6 is 25.3 Å². The Morgan fingerprint density at radius 1 is 1.33 bits per heavy atom. The molecule has 0 atom stereocenters. The van der Waals surface area contributed by atoms with Crippen molar-refractivity contribution in [1.82, 2.24) is 0 Å². The first kappa shape index (κ1) is 9.66. The molecule has 56 valence electrons. The number of ether oxygens (including phenoxy) is 1. The number of rotatable bonds is 2. The highest BCUT2D eigenvalue weighted by Gasteiger charge is 2.10. The average molecular weight is 166 g/mol. The van der Waals surface area contributed by atoms with Crippen LogP contribution in [0.3, 0.4) is 0 Å². The van der Waals surface area contributed by atoms with Gasteiger partial charge in [0.05, 0.1) is 6.61 Å². The second-order valence-corrected chi connectivity index (χ2v) is 4.54. The Labute approximate surface area is 68.0 Å². The highest BCUT2D eigenvalue weighted by atomic mass is 32.2. The maximum atomic E-state index is 5.13. The summed E-state index contributed by atoms with van der Waals surface area (Å²) in [5.74, 6) is 0. The molecule has 0 heterocycles. The summed E-state index contributed by atoms with van der Waals surface area (Å²) in [6.07, 6.45) is 0. The molecule has 1 nitrogen and oxygen atoms in total. The van der Waals surface area contributed by atoms with Crippen LogP contribution < -0.4 is 0 Å². The van der Waals surface area contributed by atoms with Gasteiger partial charge in [0.1, 0.15) is 4.77 Å². The fourth-order valence-electron chi connectivity index (χ4n) is 0.325. The fourth-order valence-corrected chi connectivity index (χ4v) is 0.474. The maximum absolute atomic E-state index is 5.13. The molecule has 0 rings (SSSR count). The minimum atomic E-state index is -0.246. The zero-order valence-corrected chi connectivity index (χ0v) is 7.88. The Hall–Kier alpha value is 0.660. The van der Waals surface area contributed by atoms with Crippen LogP contribution in [0.25, 0.3) is 0 Å². The van der Waals surface area contributed by atoms with Gasteiger partial charge in [0.2, 0.25) is 0 Å². The van der Waals surface area contributed by atoms with Gasteiger partial charge in [-0.3, -0.25) is 0 Å². The predicted molar refractivity (Wildman–Crippen MR) is 47.2 cm³/mol. The van der Waals surface area contributed by atoms with E-state index in [2.05, 4.69) is 46.0 Å². The van der Waals surface area contributed by atoms with Crippen LogP contribution in [0.1, 0.15) is 20.8 Å². The lowest BCUT2D eigenvalue weighted by Gasteiger charge is -2.18. The van der Waals surface area contributed by atoms with E-state index in [-0.39, 0.29) is 10.2 Å². The van der Waals surface area contributed by atoms with Crippen LogP contribution in [0, 0.1) is 5.41 Å². The van der Waals surface area contributed by atoms with E-state index in [0.29, 0.717) is 6.61 Å². The Kier molecular flexibility index (Phi) is 4.01. The molecule has 0 aromatic rings. The monoisotopic (exact) mass is 166 g/mol. The normalized spacial score (nSPS) is 12.7. The third kappa shape index (κ3) is 8.66. The molecule has 0 aromatic carbocycles. The lowest BCUT2D eigenvalue weighted by atomic mass is 9.99. The SMILES string of the molecule is CC(C)(C)COC(S)S. The molecule has 0 amide bonds.